The molecule has 0 saturated carbocycles. The van der Waals surface area contributed by atoms with E-state index in [9.17, 15) is 19.8 Å². The number of ether oxygens (including phenoxy) is 4. The van der Waals surface area contributed by atoms with Gasteiger partial charge in [-0.05, 0) is 51.7 Å². The van der Waals surface area contributed by atoms with E-state index in [1.165, 1.54) is 80.7 Å². The van der Waals surface area contributed by atoms with Gasteiger partial charge in [0.1, 0.15) is 0 Å². The van der Waals surface area contributed by atoms with Crippen LogP contribution in [0.3, 0.4) is 0 Å². The first-order valence-corrected chi connectivity index (χ1v) is 32.4. The number of halogens is 3. The number of benzene rings is 4. The smallest absolute Gasteiger partial charge is 0.891 e. The largest absolute Gasteiger partial charge is 1.00 e. The number of phenolic OH excluding ortho intramolecular Hbond substituents is 2. The van der Waals surface area contributed by atoms with Crippen LogP contribution in [0.2, 0.25) is 0 Å². The predicted molar refractivity (Wildman–Crippen MR) is 282 cm³/mol. The Bertz CT molecular complexity index is 1520. The summed E-state index contributed by atoms with van der Waals surface area (Å²) in [4.78, 5) is 19.7. The number of phenols is 2. The third-order valence-electron chi connectivity index (χ3n) is 5.75. The Kier molecular flexibility index (Phi) is 141. The van der Waals surface area contributed by atoms with E-state index in [1.807, 2.05) is 26.0 Å². The van der Waals surface area contributed by atoms with E-state index in [0.717, 1.165) is 37.0 Å². The van der Waals surface area contributed by atoms with Crippen LogP contribution in [0.4, 0.5) is 0 Å². The molecule has 0 amide bonds. The number of rotatable bonds is 6. The molecule has 71 heavy (non-hydrogen) atoms. The number of hydrogen-bond donors (Lipinski definition) is 2. The average Bonchev–Trinajstić information content (AvgIpc) is 3.27. The first kappa shape index (κ1) is 112. The zero-order valence-electron chi connectivity index (χ0n) is 40.3. The van der Waals surface area contributed by atoms with E-state index in [2.05, 4.69) is 125 Å². The van der Waals surface area contributed by atoms with Gasteiger partial charge in [0.15, 0.2) is 0 Å². The second-order valence-electron chi connectivity index (χ2n) is 10.4. The predicted octanol–water partition coefficient (Wildman–Crippen LogP) is 0.436. The molecule has 0 fully saturated rings. The Labute approximate surface area is 675 Å². The van der Waals surface area contributed by atoms with Gasteiger partial charge < -0.3 is 70.9 Å². The van der Waals surface area contributed by atoms with Crippen LogP contribution in [0.15, 0.2) is 123 Å². The van der Waals surface area contributed by atoms with Crippen molar-refractivity contribution in [3.05, 3.63) is 159 Å². The van der Waals surface area contributed by atoms with E-state index in [1.54, 1.807) is 42.9 Å². The molecule has 6 rings (SSSR count). The van der Waals surface area contributed by atoms with Gasteiger partial charge in [-0.3, -0.25) is 0 Å². The summed E-state index contributed by atoms with van der Waals surface area (Å²) in [5.41, 5.74) is 1.00. The maximum absolute atomic E-state index is 10.4. The van der Waals surface area contributed by atoms with E-state index in [0.29, 0.717) is 23.7 Å². The van der Waals surface area contributed by atoms with E-state index in [4.69, 9.17) is 19.7 Å². The van der Waals surface area contributed by atoms with Crippen molar-refractivity contribution in [3.8, 4) is 23.0 Å². The van der Waals surface area contributed by atoms with Gasteiger partial charge in [-0.25, -0.2) is 11.5 Å². The minimum atomic E-state index is -0.278. The van der Waals surface area contributed by atoms with Gasteiger partial charge in [0.2, 0.25) is 0 Å². The molecule has 4 aromatic carbocycles. The van der Waals surface area contributed by atoms with Crippen LogP contribution in [0, 0.1) is 24.3 Å². The van der Waals surface area contributed by atoms with Crippen molar-refractivity contribution in [3.63, 3.8) is 0 Å². The first-order valence-electron chi connectivity index (χ1n) is 17.8. The summed E-state index contributed by atoms with van der Waals surface area (Å²) in [6, 6.07) is 28.5. The Morgan fingerprint density at radius 3 is 1.10 bits per heavy atom. The molecule has 0 aromatic heterocycles. The minimum Gasteiger partial charge on any atom is -0.891 e. The zero-order chi connectivity index (χ0) is 45.7. The molecule has 0 bridgehead atoms. The minimum absolute atomic E-state index is 0. The number of hydrogen-bond acceptors (Lipinski definition) is 10. The topological polar surface area (TPSA) is 284 Å². The molecule has 4 aromatic rings. The summed E-state index contributed by atoms with van der Waals surface area (Å²) in [5, 5.41) is 40.1. The molecule has 27 heteroatoms. The van der Waals surface area contributed by atoms with Crippen molar-refractivity contribution < 1.29 is 342 Å². The van der Waals surface area contributed by atoms with E-state index in [-0.39, 0.29) is 316 Å². The fourth-order valence-electron chi connectivity index (χ4n) is 3.06. The molecule has 379 valence electrons. The molecule has 2 unspecified atom stereocenters. The molecule has 10 N–H and O–H groups in total. The SMILES string of the molecule is C1=COCCC1.C1=COCCC1.C=COCC.C=COCC.O.O.O.O.O=Cc1c[c-]c(O)cc1.O=Cc1c[c-]c([O-])cc1.Oc1[c-]cc(P)cc1.[I][V]([I])[I].[O-]c1[c-]cc(P)cc1.[Rb+].[Rb+].[V].[Y].[Y].[Y].[Y]. The van der Waals surface area contributed by atoms with Crippen LogP contribution in [0.5, 0.6) is 23.0 Å². The summed E-state index contributed by atoms with van der Waals surface area (Å²) >= 11 is 7.39. The van der Waals surface area contributed by atoms with Crippen LogP contribution >= 0.6 is 78.4 Å². The van der Waals surface area contributed by atoms with Gasteiger partial charge in [0.25, 0.3) is 0 Å². The van der Waals surface area contributed by atoms with Crippen LogP contribution in [0.1, 0.15) is 60.2 Å². The molecule has 2 aliphatic rings. The monoisotopic (exact) mass is 1880 g/mol. The summed E-state index contributed by atoms with van der Waals surface area (Å²) in [7, 11) is 4.99. The number of carbonyl (C=O) groups excluding carboxylic acids is 2. The summed E-state index contributed by atoms with van der Waals surface area (Å²) in [6.45, 7) is 13.8. The quantitative estimate of drug-likeness (QED) is 0.0883. The van der Waals surface area contributed by atoms with Gasteiger partial charge in [0, 0.05) is 161 Å². The third kappa shape index (κ3) is 95.2. The average molecular weight is 1880 g/mol. The fourth-order valence-corrected chi connectivity index (χ4v) is 3.42. The molecular formula is C44H60I3O14P2Rb2V2Y4-4. The second kappa shape index (κ2) is 89.5. The number of carbonyl (C=O) groups is 2. The molecule has 5 radical (unpaired) electrons. The van der Waals surface area contributed by atoms with Crippen molar-refractivity contribution in [2.45, 2.75) is 39.5 Å². The van der Waals surface area contributed by atoms with Crippen molar-refractivity contribution in [1.29, 1.82) is 0 Å². The van der Waals surface area contributed by atoms with E-state index >= 15 is 0 Å². The normalized spacial score (nSPS) is 9.13. The van der Waals surface area contributed by atoms with Gasteiger partial charge in [-0.15, -0.1) is 34.9 Å². The maximum atomic E-state index is 10.4. The van der Waals surface area contributed by atoms with Crippen molar-refractivity contribution >= 4 is 102 Å². The molecule has 0 spiro atoms. The first-order chi connectivity index (χ1) is 28.8. The van der Waals surface area contributed by atoms with Gasteiger partial charge in [-0.1, -0.05) is 24.3 Å². The fraction of sp³-hybridized carbons (Fsp3) is 0.227. The molecule has 2 atom stereocenters. The van der Waals surface area contributed by atoms with Gasteiger partial charge in [-0.2, -0.15) is 91.3 Å². The molecule has 0 aliphatic carbocycles. The number of aromatic hydroxyl groups is 2. The van der Waals surface area contributed by atoms with E-state index < -0.39 is 0 Å². The van der Waals surface area contributed by atoms with Crippen LogP contribution in [-0.2, 0) is 173 Å². The summed E-state index contributed by atoms with van der Waals surface area (Å²) in [6.07, 6.45) is 16.6. The van der Waals surface area contributed by atoms with Gasteiger partial charge in [0.05, 0.1) is 64.0 Å². The molecule has 2 heterocycles. The summed E-state index contributed by atoms with van der Waals surface area (Å²) < 4.78 is 19.0. The van der Waals surface area contributed by atoms with Crippen molar-refractivity contribution in [2.75, 3.05) is 26.4 Å². The Balaban J connectivity index is -0.0000000425. The number of aldehydes is 2. The maximum Gasteiger partial charge on any atom is 1.00 e. The number of allylic oxidation sites excluding steroid dienone is 2. The molecule has 0 saturated heterocycles. The van der Waals surface area contributed by atoms with Crippen LogP contribution in [-0.4, -0.2) is 71.1 Å². The Morgan fingerprint density at radius 2 is 0.944 bits per heavy atom. The van der Waals surface area contributed by atoms with Crippen LogP contribution in [0.25, 0.3) is 0 Å². The Hall–Kier alpha value is 5.66. The van der Waals surface area contributed by atoms with Gasteiger partial charge >= 0.3 is 181 Å². The summed E-state index contributed by atoms with van der Waals surface area (Å²) in [5.74, 6) is -0.00593. The Morgan fingerprint density at radius 1 is 0.634 bits per heavy atom. The van der Waals surface area contributed by atoms with Crippen LogP contribution < -0.4 is 137 Å². The van der Waals surface area contributed by atoms with Crippen molar-refractivity contribution in [1.82, 2.24) is 0 Å². The molecule has 2 aliphatic heterocycles. The zero-order valence-corrected chi connectivity index (χ0v) is 73.0. The molecular weight excluding hydrogens is 1820 g/mol. The second-order valence-corrected chi connectivity index (χ2v) is 47.1. The van der Waals surface area contributed by atoms with Crippen molar-refractivity contribution in [2.24, 2.45) is 0 Å². The third-order valence-corrected chi connectivity index (χ3v) is 6.47. The molecule has 14 nitrogen and oxygen atoms in total. The standard InChI is InChI=1S/2C7H5O2.2C6H6OP.2C5H8O.2C4H8O.3HI.4H2O.2Rb.2V.4Y/c2*8-5-6-1-3-7(9)4-2-6;2*7-5-1-3-6(8)4-2-5;2*1-2-4-6-5-3-1;2*1-3-5-4-2;;;;;;;;;;;;;;;/h2*1-3,5,9H;2*1,3-4,7H,8H2;2*2,4H,1,3,5H2;2*3H,1,4H2,2H3;3*1H;4*1H2;;;;;;;;/q4*-1;;;;;;;;;;;;2*+1;;+3;;;;/p-5.